The molecule has 9 nitrogen and oxygen atoms in total. The van der Waals surface area contributed by atoms with Gasteiger partial charge in [-0.1, -0.05) is 0 Å². The molecular weight excluding hydrogens is 292 g/mol. The first-order valence-electron chi connectivity index (χ1n) is 5.93. The van der Waals surface area contributed by atoms with Crippen LogP contribution in [0.25, 0.3) is 11.1 Å². The lowest BCUT2D eigenvalue weighted by Gasteiger charge is -2.07. The van der Waals surface area contributed by atoms with Crippen LogP contribution >= 0.6 is 0 Å². The van der Waals surface area contributed by atoms with Crippen LogP contribution < -0.4 is 5.56 Å². The van der Waals surface area contributed by atoms with Crippen LogP contribution in [-0.2, 0) is 0 Å². The van der Waals surface area contributed by atoms with Gasteiger partial charge in [-0.15, -0.1) is 0 Å². The number of nitriles is 1. The lowest BCUT2D eigenvalue weighted by atomic mass is 9.97. The quantitative estimate of drug-likeness (QED) is 0.678. The number of hydrogen-bond donors (Lipinski definition) is 1. The van der Waals surface area contributed by atoms with Crippen molar-refractivity contribution in [3.63, 3.8) is 0 Å². The molecule has 0 bridgehead atoms. The summed E-state index contributed by atoms with van der Waals surface area (Å²) in [6, 6.07) is 6.27. The van der Waals surface area contributed by atoms with Crippen molar-refractivity contribution in [3.8, 4) is 17.2 Å². The monoisotopic (exact) mass is 300 g/mol. The second-order valence-electron chi connectivity index (χ2n) is 4.37. The molecular formula is C13H8N4O5. The van der Waals surface area contributed by atoms with Crippen molar-refractivity contribution in [2.45, 2.75) is 6.92 Å². The number of aromatic amines is 1. The zero-order valence-electron chi connectivity index (χ0n) is 11.2. The maximum absolute atomic E-state index is 11.8. The third-order valence-electron chi connectivity index (χ3n) is 2.96. The lowest BCUT2D eigenvalue weighted by Crippen LogP contribution is -2.13. The molecule has 1 aromatic heterocycles. The van der Waals surface area contributed by atoms with Gasteiger partial charge in [0, 0.05) is 23.4 Å². The topological polar surface area (TPSA) is 143 Å². The predicted octanol–water partition coefficient (Wildman–Crippen LogP) is 2.04. The Kier molecular flexibility index (Phi) is 3.68. The summed E-state index contributed by atoms with van der Waals surface area (Å²) in [5.74, 6) is 0. The highest BCUT2D eigenvalue weighted by atomic mass is 16.6. The Morgan fingerprint density at radius 3 is 2.18 bits per heavy atom. The van der Waals surface area contributed by atoms with Gasteiger partial charge in [0.2, 0.25) is 0 Å². The van der Waals surface area contributed by atoms with Gasteiger partial charge in [0.15, 0.2) is 0 Å². The molecule has 1 heterocycles. The molecule has 0 saturated carbocycles. The Bertz CT molecular complexity index is 862. The van der Waals surface area contributed by atoms with Crippen molar-refractivity contribution >= 4 is 11.4 Å². The van der Waals surface area contributed by atoms with Gasteiger partial charge < -0.3 is 4.98 Å². The molecule has 0 radical (unpaired) electrons. The van der Waals surface area contributed by atoms with Crippen molar-refractivity contribution in [2.75, 3.05) is 0 Å². The Morgan fingerprint density at radius 1 is 1.18 bits per heavy atom. The fourth-order valence-electron chi connectivity index (χ4n) is 2.11. The summed E-state index contributed by atoms with van der Waals surface area (Å²) in [4.78, 5) is 34.9. The molecule has 0 aliphatic rings. The predicted molar refractivity (Wildman–Crippen MR) is 75.3 cm³/mol. The third-order valence-corrected chi connectivity index (χ3v) is 2.96. The number of nitro benzene ring substituents is 2. The summed E-state index contributed by atoms with van der Waals surface area (Å²) in [7, 11) is 0. The van der Waals surface area contributed by atoms with Gasteiger partial charge in [0.05, 0.1) is 9.85 Å². The summed E-state index contributed by atoms with van der Waals surface area (Å²) in [5.41, 5.74) is -2.43. The van der Waals surface area contributed by atoms with Gasteiger partial charge in [-0.05, 0) is 19.1 Å². The van der Waals surface area contributed by atoms with Crippen LogP contribution in [0.1, 0.15) is 11.3 Å². The molecule has 0 unspecified atom stereocenters. The van der Waals surface area contributed by atoms with Crippen molar-refractivity contribution in [1.29, 1.82) is 5.26 Å². The minimum Gasteiger partial charge on any atom is -0.325 e. The minimum atomic E-state index is -0.792. The largest absolute Gasteiger partial charge is 0.325 e. The van der Waals surface area contributed by atoms with E-state index in [-0.39, 0.29) is 11.1 Å². The number of rotatable bonds is 3. The van der Waals surface area contributed by atoms with E-state index in [2.05, 4.69) is 4.98 Å². The Labute approximate surface area is 122 Å². The first-order chi connectivity index (χ1) is 10.4. The average Bonchev–Trinajstić information content (AvgIpc) is 2.45. The molecule has 2 aromatic rings. The molecule has 0 spiro atoms. The van der Waals surface area contributed by atoms with Gasteiger partial charge in [-0.3, -0.25) is 25.0 Å². The average molecular weight is 300 g/mol. The fourth-order valence-corrected chi connectivity index (χ4v) is 2.11. The Morgan fingerprint density at radius 2 is 1.73 bits per heavy atom. The molecule has 2 rings (SSSR count). The van der Waals surface area contributed by atoms with Crippen molar-refractivity contribution in [1.82, 2.24) is 4.98 Å². The van der Waals surface area contributed by atoms with E-state index in [0.717, 1.165) is 12.1 Å². The first kappa shape index (κ1) is 14.9. The van der Waals surface area contributed by atoms with E-state index >= 15 is 0 Å². The third kappa shape index (κ3) is 2.40. The van der Waals surface area contributed by atoms with E-state index < -0.39 is 32.3 Å². The summed E-state index contributed by atoms with van der Waals surface area (Å²) in [6.07, 6.45) is 0. The number of pyridine rings is 1. The minimum absolute atomic E-state index is 0.136. The molecule has 0 fully saturated rings. The maximum Gasteiger partial charge on any atom is 0.284 e. The van der Waals surface area contributed by atoms with Gasteiger partial charge in [-0.25, -0.2) is 0 Å². The number of nitrogens with one attached hydrogen (secondary N) is 1. The molecule has 0 amide bonds. The molecule has 0 saturated heterocycles. The lowest BCUT2D eigenvalue weighted by molar-refractivity contribution is -0.392. The number of nitro groups is 2. The molecule has 1 N–H and O–H groups in total. The van der Waals surface area contributed by atoms with E-state index in [9.17, 15) is 25.0 Å². The smallest absolute Gasteiger partial charge is 0.284 e. The normalized spacial score (nSPS) is 10.0. The SMILES string of the molecule is Cc1cc(-c2c([N+](=O)[O-])cccc2[N+](=O)[O-])c(C#N)c(=O)[nH]1. The van der Waals surface area contributed by atoms with Gasteiger partial charge >= 0.3 is 0 Å². The van der Waals surface area contributed by atoms with Gasteiger partial charge in [0.25, 0.3) is 16.9 Å². The Hall–Kier alpha value is -3.54. The number of benzene rings is 1. The van der Waals surface area contributed by atoms with E-state index in [0.29, 0.717) is 5.69 Å². The fraction of sp³-hybridized carbons (Fsp3) is 0.0769. The van der Waals surface area contributed by atoms with E-state index in [1.54, 1.807) is 6.07 Å². The van der Waals surface area contributed by atoms with Crippen LogP contribution in [0.2, 0.25) is 0 Å². The van der Waals surface area contributed by atoms with Crippen molar-refractivity contribution in [2.24, 2.45) is 0 Å². The van der Waals surface area contributed by atoms with E-state index in [4.69, 9.17) is 5.26 Å². The highest BCUT2D eigenvalue weighted by Gasteiger charge is 2.28. The number of H-pyrrole nitrogens is 1. The summed E-state index contributed by atoms with van der Waals surface area (Å²) in [6.45, 7) is 1.51. The molecule has 1 aromatic carbocycles. The van der Waals surface area contributed by atoms with Crippen LogP contribution in [-0.4, -0.2) is 14.8 Å². The number of nitrogens with zero attached hydrogens (tertiary/aromatic N) is 3. The molecule has 9 heteroatoms. The second kappa shape index (κ2) is 5.45. The summed E-state index contributed by atoms with van der Waals surface area (Å²) < 4.78 is 0. The van der Waals surface area contributed by atoms with Crippen molar-refractivity contribution in [3.05, 3.63) is 66.1 Å². The summed E-state index contributed by atoms with van der Waals surface area (Å²) >= 11 is 0. The number of aromatic nitrogens is 1. The number of aryl methyl sites for hydroxylation is 1. The van der Waals surface area contributed by atoms with E-state index in [1.807, 2.05) is 0 Å². The maximum atomic E-state index is 11.8. The number of hydrogen-bond acceptors (Lipinski definition) is 6. The van der Waals surface area contributed by atoms with Crippen LogP contribution in [0.3, 0.4) is 0 Å². The standard InChI is InChI=1S/C13H8N4O5/c1-7-5-8(9(6-14)13(18)15-7)12-10(16(19)20)3-2-4-11(12)17(21)22/h2-5H,1H3,(H,15,18). The van der Waals surface area contributed by atoms with Crippen LogP contribution in [0.15, 0.2) is 29.1 Å². The molecule has 110 valence electrons. The highest BCUT2D eigenvalue weighted by molar-refractivity contribution is 5.85. The molecule has 0 atom stereocenters. The van der Waals surface area contributed by atoms with Crippen LogP contribution in [0.5, 0.6) is 0 Å². The molecule has 0 aliphatic heterocycles. The van der Waals surface area contributed by atoms with Crippen LogP contribution in [0.4, 0.5) is 11.4 Å². The van der Waals surface area contributed by atoms with Crippen LogP contribution in [0, 0.1) is 38.5 Å². The zero-order chi connectivity index (χ0) is 16.4. The highest BCUT2D eigenvalue weighted by Crippen LogP contribution is 2.38. The van der Waals surface area contributed by atoms with E-state index in [1.165, 1.54) is 19.1 Å². The van der Waals surface area contributed by atoms with Gasteiger partial charge in [0.1, 0.15) is 17.2 Å². The first-order valence-corrected chi connectivity index (χ1v) is 5.93. The molecule has 0 aliphatic carbocycles. The molecule has 22 heavy (non-hydrogen) atoms. The summed E-state index contributed by atoms with van der Waals surface area (Å²) in [5, 5.41) is 31.4. The Balaban J connectivity index is 3.01. The van der Waals surface area contributed by atoms with Gasteiger partial charge in [-0.2, -0.15) is 5.26 Å². The van der Waals surface area contributed by atoms with Crippen molar-refractivity contribution < 1.29 is 9.85 Å². The second-order valence-corrected chi connectivity index (χ2v) is 4.37. The zero-order valence-corrected chi connectivity index (χ0v) is 11.2.